The molecule has 0 aromatic heterocycles. The minimum atomic E-state index is -0.612. The van der Waals surface area contributed by atoms with E-state index in [1.807, 2.05) is 17.0 Å². The van der Waals surface area contributed by atoms with Crippen molar-refractivity contribution < 1.29 is 14.6 Å². The van der Waals surface area contributed by atoms with Crippen LogP contribution in [0.25, 0.3) is 0 Å². The Balaban J connectivity index is 1.56. The first kappa shape index (κ1) is 18.9. The maximum atomic E-state index is 12.7. The Labute approximate surface area is 163 Å². The first-order valence-electron chi connectivity index (χ1n) is 8.63. The molecule has 3 rings (SSSR count). The lowest BCUT2D eigenvalue weighted by Gasteiger charge is -2.33. The SMILES string of the molecule is C[C@@H](Oc1ccc(Cl)cc1Cl)C(=O)N1CCC(c2ccc(O)cc2)CC1. The summed E-state index contributed by atoms with van der Waals surface area (Å²) in [5.74, 6) is 1.09. The predicted molar refractivity (Wildman–Crippen MR) is 103 cm³/mol. The molecular formula is C20H21Cl2NO3. The van der Waals surface area contributed by atoms with Crippen LogP contribution in [-0.2, 0) is 4.79 Å². The molecule has 0 spiro atoms. The Hall–Kier alpha value is -1.91. The normalized spacial score (nSPS) is 16.3. The van der Waals surface area contributed by atoms with Crippen molar-refractivity contribution in [2.75, 3.05) is 13.1 Å². The number of halogens is 2. The molecule has 1 saturated heterocycles. The number of likely N-dealkylation sites (tertiary alicyclic amines) is 1. The molecule has 1 N–H and O–H groups in total. The Morgan fingerprint density at radius 2 is 1.81 bits per heavy atom. The van der Waals surface area contributed by atoms with Gasteiger partial charge >= 0.3 is 0 Å². The van der Waals surface area contributed by atoms with Gasteiger partial charge in [-0.1, -0.05) is 35.3 Å². The summed E-state index contributed by atoms with van der Waals surface area (Å²) in [6.07, 6.45) is 1.18. The van der Waals surface area contributed by atoms with E-state index < -0.39 is 6.10 Å². The van der Waals surface area contributed by atoms with Crippen molar-refractivity contribution in [1.82, 2.24) is 4.90 Å². The standard InChI is InChI=1S/C20H21Cl2NO3/c1-13(26-19-7-4-16(21)12-18(19)22)20(25)23-10-8-15(9-11-23)14-2-5-17(24)6-3-14/h2-7,12-13,15,24H,8-11H2,1H3/t13-/m1/s1. The average Bonchev–Trinajstić information content (AvgIpc) is 2.64. The van der Waals surface area contributed by atoms with Crippen molar-refractivity contribution in [3.63, 3.8) is 0 Å². The minimum absolute atomic E-state index is 0.0415. The monoisotopic (exact) mass is 393 g/mol. The first-order valence-corrected chi connectivity index (χ1v) is 9.39. The molecule has 4 nitrogen and oxygen atoms in total. The number of hydrogen-bond acceptors (Lipinski definition) is 3. The smallest absolute Gasteiger partial charge is 0.263 e. The van der Waals surface area contributed by atoms with Crippen molar-refractivity contribution >= 4 is 29.1 Å². The van der Waals surface area contributed by atoms with Gasteiger partial charge in [0.05, 0.1) is 5.02 Å². The Morgan fingerprint density at radius 1 is 1.15 bits per heavy atom. The molecule has 0 unspecified atom stereocenters. The second-order valence-electron chi connectivity index (χ2n) is 6.53. The van der Waals surface area contributed by atoms with Crippen molar-refractivity contribution in [2.45, 2.75) is 31.8 Å². The Kier molecular flexibility index (Phi) is 5.94. The van der Waals surface area contributed by atoms with Gasteiger partial charge in [0.1, 0.15) is 11.5 Å². The molecule has 6 heteroatoms. The van der Waals surface area contributed by atoms with Gasteiger partial charge in [0.25, 0.3) is 5.91 Å². The number of aromatic hydroxyl groups is 1. The summed E-state index contributed by atoms with van der Waals surface area (Å²) in [4.78, 5) is 14.5. The van der Waals surface area contributed by atoms with E-state index in [4.69, 9.17) is 27.9 Å². The maximum absolute atomic E-state index is 12.7. The highest BCUT2D eigenvalue weighted by molar-refractivity contribution is 6.35. The van der Waals surface area contributed by atoms with Crippen LogP contribution < -0.4 is 4.74 Å². The number of piperidine rings is 1. The number of carbonyl (C=O) groups is 1. The summed E-state index contributed by atoms with van der Waals surface area (Å²) in [6, 6.07) is 12.3. The number of ether oxygens (including phenoxy) is 1. The summed E-state index contributed by atoms with van der Waals surface area (Å²) in [5, 5.41) is 10.3. The average molecular weight is 394 g/mol. The Morgan fingerprint density at radius 3 is 2.42 bits per heavy atom. The van der Waals surface area contributed by atoms with Crippen LogP contribution in [-0.4, -0.2) is 35.1 Å². The molecule has 2 aromatic carbocycles. The maximum Gasteiger partial charge on any atom is 0.263 e. The van der Waals surface area contributed by atoms with E-state index in [0.29, 0.717) is 34.8 Å². The summed E-state index contributed by atoms with van der Waals surface area (Å²) < 4.78 is 5.73. The second kappa shape index (κ2) is 8.19. The fourth-order valence-corrected chi connectivity index (χ4v) is 3.70. The van der Waals surface area contributed by atoms with Gasteiger partial charge in [-0.25, -0.2) is 0 Å². The molecule has 1 amide bonds. The molecule has 0 aliphatic carbocycles. The first-order chi connectivity index (χ1) is 12.4. The number of phenolic OH excluding ortho intramolecular Hbond substituents is 1. The van der Waals surface area contributed by atoms with Crippen LogP contribution >= 0.6 is 23.2 Å². The van der Waals surface area contributed by atoms with E-state index >= 15 is 0 Å². The molecule has 0 saturated carbocycles. The fraction of sp³-hybridized carbons (Fsp3) is 0.350. The molecule has 1 heterocycles. The van der Waals surface area contributed by atoms with Crippen molar-refractivity contribution in [2.24, 2.45) is 0 Å². The Bertz CT molecular complexity index is 771. The van der Waals surface area contributed by atoms with E-state index in [9.17, 15) is 9.90 Å². The molecule has 0 radical (unpaired) electrons. The zero-order valence-electron chi connectivity index (χ0n) is 14.5. The van der Waals surface area contributed by atoms with Crippen LogP contribution in [0.4, 0.5) is 0 Å². The molecule has 1 aliphatic rings. The number of rotatable bonds is 4. The number of carbonyl (C=O) groups excluding carboxylic acids is 1. The zero-order chi connectivity index (χ0) is 18.7. The largest absolute Gasteiger partial charge is 0.508 e. The topological polar surface area (TPSA) is 49.8 Å². The van der Waals surface area contributed by atoms with Crippen LogP contribution in [0.1, 0.15) is 31.2 Å². The lowest BCUT2D eigenvalue weighted by atomic mass is 9.89. The number of phenols is 1. The number of amides is 1. The predicted octanol–water partition coefficient (Wildman–Crippen LogP) is 4.87. The highest BCUT2D eigenvalue weighted by Crippen LogP contribution is 2.31. The van der Waals surface area contributed by atoms with Gasteiger partial charge in [0.2, 0.25) is 0 Å². The highest BCUT2D eigenvalue weighted by atomic mass is 35.5. The number of nitrogens with zero attached hydrogens (tertiary/aromatic N) is 1. The van der Waals surface area contributed by atoms with Crippen molar-refractivity contribution in [1.29, 1.82) is 0 Å². The van der Waals surface area contributed by atoms with Crippen LogP contribution in [0.2, 0.25) is 10.0 Å². The third kappa shape index (κ3) is 4.43. The van der Waals surface area contributed by atoms with E-state index in [-0.39, 0.29) is 11.7 Å². The summed E-state index contributed by atoms with van der Waals surface area (Å²) >= 11 is 12.0. The van der Waals surface area contributed by atoms with Crippen molar-refractivity contribution in [3.05, 3.63) is 58.1 Å². The van der Waals surface area contributed by atoms with E-state index in [1.165, 1.54) is 5.56 Å². The number of hydrogen-bond donors (Lipinski definition) is 1. The van der Waals surface area contributed by atoms with Crippen molar-refractivity contribution in [3.8, 4) is 11.5 Å². The van der Waals surface area contributed by atoms with E-state index in [0.717, 1.165) is 12.8 Å². The van der Waals surface area contributed by atoms with Gasteiger partial charge in [-0.3, -0.25) is 4.79 Å². The second-order valence-corrected chi connectivity index (χ2v) is 7.37. The molecule has 2 aromatic rings. The van der Waals surface area contributed by atoms with Gasteiger partial charge in [-0.05, 0) is 61.6 Å². The molecule has 1 aliphatic heterocycles. The molecule has 138 valence electrons. The lowest BCUT2D eigenvalue weighted by molar-refractivity contribution is -0.139. The highest BCUT2D eigenvalue weighted by Gasteiger charge is 2.28. The summed E-state index contributed by atoms with van der Waals surface area (Å²) in [7, 11) is 0. The van der Waals surface area contributed by atoms with E-state index in [1.54, 1.807) is 37.3 Å². The van der Waals surface area contributed by atoms with Crippen LogP contribution in [0.5, 0.6) is 11.5 Å². The quantitative estimate of drug-likeness (QED) is 0.805. The zero-order valence-corrected chi connectivity index (χ0v) is 16.0. The summed E-state index contributed by atoms with van der Waals surface area (Å²) in [6.45, 7) is 3.11. The fourth-order valence-electron chi connectivity index (χ4n) is 3.25. The molecule has 0 bridgehead atoms. The van der Waals surface area contributed by atoms with Gasteiger partial charge in [0, 0.05) is 18.1 Å². The van der Waals surface area contributed by atoms with Gasteiger partial charge in [-0.15, -0.1) is 0 Å². The van der Waals surface area contributed by atoms with Gasteiger partial charge < -0.3 is 14.7 Å². The van der Waals surface area contributed by atoms with E-state index in [2.05, 4.69) is 0 Å². The summed E-state index contributed by atoms with van der Waals surface area (Å²) in [5.41, 5.74) is 1.20. The minimum Gasteiger partial charge on any atom is -0.508 e. The van der Waals surface area contributed by atoms with Gasteiger partial charge in [0.15, 0.2) is 6.10 Å². The molecule has 1 atom stereocenters. The third-order valence-corrected chi connectivity index (χ3v) is 5.25. The third-order valence-electron chi connectivity index (χ3n) is 4.72. The lowest BCUT2D eigenvalue weighted by Crippen LogP contribution is -2.44. The van der Waals surface area contributed by atoms with Crippen LogP contribution in [0.3, 0.4) is 0 Å². The molecule has 26 heavy (non-hydrogen) atoms. The molecule has 1 fully saturated rings. The van der Waals surface area contributed by atoms with Gasteiger partial charge in [-0.2, -0.15) is 0 Å². The number of benzene rings is 2. The van der Waals surface area contributed by atoms with Crippen LogP contribution in [0, 0.1) is 0 Å². The van der Waals surface area contributed by atoms with Crippen LogP contribution in [0.15, 0.2) is 42.5 Å². The molecular weight excluding hydrogens is 373 g/mol.